The van der Waals surface area contributed by atoms with E-state index in [0.717, 1.165) is 42.6 Å². The number of halogens is 1. The third kappa shape index (κ3) is 6.73. The van der Waals surface area contributed by atoms with Crippen molar-refractivity contribution in [3.8, 4) is 5.75 Å². The van der Waals surface area contributed by atoms with Crippen LogP contribution in [0.4, 0.5) is 0 Å². The monoisotopic (exact) mass is 442 g/mol. The van der Waals surface area contributed by atoms with Crippen LogP contribution < -0.4 is 10.1 Å². The third-order valence-electron chi connectivity index (χ3n) is 5.88. The lowest BCUT2D eigenvalue weighted by Crippen LogP contribution is -2.50. The molecule has 166 valence electrons. The van der Waals surface area contributed by atoms with Crippen molar-refractivity contribution in [2.75, 3.05) is 7.11 Å². The van der Waals surface area contributed by atoms with Crippen molar-refractivity contribution in [3.63, 3.8) is 0 Å². The fraction of sp³-hybridized carbons (Fsp3) is 0.440. The molecular weight excluding hydrogens is 412 g/mol. The Morgan fingerprint density at radius 2 is 1.81 bits per heavy atom. The molecule has 3 rings (SSSR count). The first-order chi connectivity index (χ1) is 15.0. The molecule has 1 saturated carbocycles. The number of hydrogen-bond donors (Lipinski definition) is 1. The predicted octanol–water partition coefficient (Wildman–Crippen LogP) is 4.76. The molecule has 0 unspecified atom stereocenters. The number of carbonyl (C=O) groups excluding carboxylic acids is 2. The molecule has 0 spiro atoms. The van der Waals surface area contributed by atoms with Crippen LogP contribution in [-0.2, 0) is 22.6 Å². The van der Waals surface area contributed by atoms with Crippen molar-refractivity contribution in [3.05, 3.63) is 64.7 Å². The summed E-state index contributed by atoms with van der Waals surface area (Å²) in [6.07, 6.45) is 5.73. The number of nitrogens with zero attached hydrogens (tertiary/aromatic N) is 1. The Kier molecular flexibility index (Phi) is 8.35. The fourth-order valence-electron chi connectivity index (χ4n) is 4.00. The molecular formula is C25H31ClN2O3. The summed E-state index contributed by atoms with van der Waals surface area (Å²) in [4.78, 5) is 27.9. The number of nitrogens with one attached hydrogen (secondary N) is 1. The van der Waals surface area contributed by atoms with Gasteiger partial charge in [0.25, 0.3) is 0 Å². The minimum atomic E-state index is -0.577. The maximum absolute atomic E-state index is 13.3. The molecule has 0 heterocycles. The number of methoxy groups -OCH3 is 1. The number of amides is 2. The van der Waals surface area contributed by atoms with Crippen molar-refractivity contribution in [2.45, 2.75) is 64.1 Å². The smallest absolute Gasteiger partial charge is 0.242 e. The standard InChI is InChI=1S/C25H31ClN2O3/c1-18(25(30)27-22-9-4-3-5-10-22)28(17-20-7-6-8-21(26)15-20)24(29)16-19-11-13-23(31-2)14-12-19/h6-8,11-15,18,22H,3-5,9-10,16-17H2,1-2H3,(H,27,30)/t18-/m1/s1. The molecule has 1 N–H and O–H groups in total. The summed E-state index contributed by atoms with van der Waals surface area (Å²) in [5.74, 6) is 0.542. The lowest BCUT2D eigenvalue weighted by Gasteiger charge is -2.31. The molecule has 0 radical (unpaired) electrons. The number of benzene rings is 2. The van der Waals surface area contributed by atoms with E-state index in [1.54, 1.807) is 25.0 Å². The molecule has 2 aromatic rings. The van der Waals surface area contributed by atoms with E-state index in [9.17, 15) is 9.59 Å². The topological polar surface area (TPSA) is 58.6 Å². The van der Waals surface area contributed by atoms with E-state index in [-0.39, 0.29) is 24.3 Å². The Labute approximate surface area is 189 Å². The Bertz CT molecular complexity index is 879. The van der Waals surface area contributed by atoms with E-state index >= 15 is 0 Å². The second-order valence-electron chi connectivity index (χ2n) is 8.20. The quantitative estimate of drug-likeness (QED) is 0.641. The summed E-state index contributed by atoms with van der Waals surface area (Å²) in [5, 5.41) is 3.77. The Morgan fingerprint density at radius 3 is 2.45 bits per heavy atom. The maximum Gasteiger partial charge on any atom is 0.242 e. The molecule has 0 bridgehead atoms. The van der Waals surface area contributed by atoms with E-state index in [1.807, 2.05) is 42.5 Å². The predicted molar refractivity (Wildman–Crippen MR) is 123 cm³/mol. The second kappa shape index (κ2) is 11.2. The summed E-state index contributed by atoms with van der Waals surface area (Å²) in [5.41, 5.74) is 1.77. The molecule has 2 aromatic carbocycles. The Balaban J connectivity index is 1.75. The van der Waals surface area contributed by atoms with Gasteiger partial charge in [-0.3, -0.25) is 9.59 Å². The molecule has 6 heteroatoms. The summed E-state index contributed by atoms with van der Waals surface area (Å²) in [7, 11) is 1.61. The Morgan fingerprint density at radius 1 is 1.10 bits per heavy atom. The van der Waals surface area contributed by atoms with Gasteiger partial charge in [0.2, 0.25) is 11.8 Å². The van der Waals surface area contributed by atoms with Gasteiger partial charge in [-0.15, -0.1) is 0 Å². The first-order valence-electron chi connectivity index (χ1n) is 10.9. The molecule has 1 aliphatic carbocycles. The Hall–Kier alpha value is -2.53. The minimum absolute atomic E-state index is 0.1000. The van der Waals surface area contributed by atoms with E-state index < -0.39 is 6.04 Å². The van der Waals surface area contributed by atoms with Crippen LogP contribution in [0.1, 0.15) is 50.2 Å². The highest BCUT2D eigenvalue weighted by molar-refractivity contribution is 6.30. The SMILES string of the molecule is COc1ccc(CC(=O)N(Cc2cccc(Cl)c2)[C@H](C)C(=O)NC2CCCCC2)cc1. The van der Waals surface area contributed by atoms with Crippen molar-refractivity contribution in [2.24, 2.45) is 0 Å². The number of rotatable bonds is 8. The number of carbonyl (C=O) groups is 2. The zero-order valence-electron chi connectivity index (χ0n) is 18.3. The van der Waals surface area contributed by atoms with E-state index in [0.29, 0.717) is 11.6 Å². The molecule has 0 saturated heterocycles. The van der Waals surface area contributed by atoms with Gasteiger partial charge in [0.1, 0.15) is 11.8 Å². The summed E-state index contributed by atoms with van der Waals surface area (Å²) >= 11 is 6.14. The van der Waals surface area contributed by atoms with Gasteiger partial charge in [-0.05, 0) is 55.2 Å². The van der Waals surface area contributed by atoms with Crippen molar-refractivity contribution >= 4 is 23.4 Å². The van der Waals surface area contributed by atoms with E-state index in [4.69, 9.17) is 16.3 Å². The van der Waals surface area contributed by atoms with E-state index in [1.165, 1.54) is 6.42 Å². The van der Waals surface area contributed by atoms with Crippen LogP contribution in [0.15, 0.2) is 48.5 Å². The number of hydrogen-bond acceptors (Lipinski definition) is 3. The first kappa shape index (κ1) is 23.1. The van der Waals surface area contributed by atoms with Crippen LogP contribution >= 0.6 is 11.6 Å². The van der Waals surface area contributed by atoms with Gasteiger partial charge in [0.15, 0.2) is 0 Å². The highest BCUT2D eigenvalue weighted by Gasteiger charge is 2.28. The van der Waals surface area contributed by atoms with Crippen LogP contribution in [0.5, 0.6) is 5.75 Å². The van der Waals surface area contributed by atoms with Crippen LogP contribution in [0, 0.1) is 0 Å². The molecule has 0 aliphatic heterocycles. The largest absolute Gasteiger partial charge is 0.497 e. The van der Waals surface area contributed by atoms with Crippen LogP contribution in [0.3, 0.4) is 0 Å². The summed E-state index contributed by atoms with van der Waals surface area (Å²) in [6, 6.07) is 14.5. The van der Waals surface area contributed by atoms with Crippen molar-refractivity contribution < 1.29 is 14.3 Å². The average molecular weight is 443 g/mol. The minimum Gasteiger partial charge on any atom is -0.497 e. The zero-order valence-corrected chi connectivity index (χ0v) is 19.0. The highest BCUT2D eigenvalue weighted by atomic mass is 35.5. The molecule has 5 nitrogen and oxygen atoms in total. The molecule has 1 aliphatic rings. The normalized spacial score (nSPS) is 15.2. The lowest BCUT2D eigenvalue weighted by molar-refractivity contribution is -0.140. The lowest BCUT2D eigenvalue weighted by atomic mass is 9.95. The summed E-state index contributed by atoms with van der Waals surface area (Å²) < 4.78 is 5.19. The summed E-state index contributed by atoms with van der Waals surface area (Å²) in [6.45, 7) is 2.13. The van der Waals surface area contributed by atoms with Crippen molar-refractivity contribution in [1.82, 2.24) is 10.2 Å². The van der Waals surface area contributed by atoms with E-state index in [2.05, 4.69) is 5.32 Å². The van der Waals surface area contributed by atoms with Gasteiger partial charge in [-0.2, -0.15) is 0 Å². The second-order valence-corrected chi connectivity index (χ2v) is 8.63. The van der Waals surface area contributed by atoms with Gasteiger partial charge < -0.3 is 15.0 Å². The fourth-order valence-corrected chi connectivity index (χ4v) is 4.22. The molecule has 31 heavy (non-hydrogen) atoms. The third-order valence-corrected chi connectivity index (χ3v) is 6.11. The zero-order chi connectivity index (χ0) is 22.2. The molecule has 2 amide bonds. The highest BCUT2D eigenvalue weighted by Crippen LogP contribution is 2.20. The maximum atomic E-state index is 13.3. The van der Waals surface area contributed by atoms with Gasteiger partial charge in [0, 0.05) is 17.6 Å². The average Bonchev–Trinajstić information content (AvgIpc) is 2.78. The van der Waals surface area contributed by atoms with Gasteiger partial charge in [-0.25, -0.2) is 0 Å². The number of ether oxygens (including phenoxy) is 1. The van der Waals surface area contributed by atoms with Crippen LogP contribution in [0.25, 0.3) is 0 Å². The van der Waals surface area contributed by atoms with Crippen LogP contribution in [0.2, 0.25) is 5.02 Å². The molecule has 1 fully saturated rings. The molecule has 0 aromatic heterocycles. The van der Waals surface area contributed by atoms with Crippen LogP contribution in [-0.4, -0.2) is 35.9 Å². The first-order valence-corrected chi connectivity index (χ1v) is 11.3. The van der Waals surface area contributed by atoms with Gasteiger partial charge in [-0.1, -0.05) is 55.1 Å². The van der Waals surface area contributed by atoms with Crippen molar-refractivity contribution in [1.29, 1.82) is 0 Å². The van der Waals surface area contributed by atoms with Gasteiger partial charge in [0.05, 0.1) is 13.5 Å². The molecule has 1 atom stereocenters. The van der Waals surface area contributed by atoms with Gasteiger partial charge >= 0.3 is 0 Å².